The quantitative estimate of drug-likeness (QED) is 0.904. The molecule has 0 aliphatic carbocycles. The summed E-state index contributed by atoms with van der Waals surface area (Å²) in [6.07, 6.45) is 5.48. The third-order valence-corrected chi connectivity index (χ3v) is 6.14. The van der Waals surface area contributed by atoms with Crippen LogP contribution in [0.1, 0.15) is 17.8 Å². The van der Waals surface area contributed by atoms with Crippen LogP contribution in [-0.4, -0.2) is 31.3 Å². The molecule has 1 N–H and O–H groups in total. The van der Waals surface area contributed by atoms with Crippen molar-refractivity contribution < 1.29 is 17.9 Å². The van der Waals surface area contributed by atoms with Crippen molar-refractivity contribution in [3.63, 3.8) is 0 Å². The van der Waals surface area contributed by atoms with Crippen molar-refractivity contribution in [1.29, 1.82) is 0 Å². The molecular formula is C16H19N3O4S. The Bertz CT molecular complexity index is 875. The molecule has 4 rings (SSSR count). The van der Waals surface area contributed by atoms with E-state index < -0.39 is 10.0 Å². The molecular weight excluding hydrogens is 330 g/mol. The number of rotatable bonds is 4. The van der Waals surface area contributed by atoms with E-state index in [1.807, 2.05) is 6.20 Å². The topological polar surface area (TPSA) is 82.5 Å². The number of aromatic nitrogens is 2. The highest BCUT2D eigenvalue weighted by molar-refractivity contribution is 7.89. The number of nitrogens with one attached hydrogen (secondary N) is 1. The van der Waals surface area contributed by atoms with Gasteiger partial charge >= 0.3 is 0 Å². The molecule has 0 saturated heterocycles. The Balaban J connectivity index is 1.48. The van der Waals surface area contributed by atoms with Gasteiger partial charge in [0.15, 0.2) is 11.5 Å². The number of benzene rings is 1. The Morgan fingerprint density at radius 3 is 2.96 bits per heavy atom. The Morgan fingerprint density at radius 2 is 2.12 bits per heavy atom. The lowest BCUT2D eigenvalue weighted by Crippen LogP contribution is -2.33. The summed E-state index contributed by atoms with van der Waals surface area (Å²) in [5, 5.41) is 0. The third kappa shape index (κ3) is 2.76. The van der Waals surface area contributed by atoms with Gasteiger partial charge in [-0.2, -0.15) is 0 Å². The van der Waals surface area contributed by atoms with Crippen molar-refractivity contribution in [2.45, 2.75) is 31.2 Å². The fourth-order valence-corrected chi connectivity index (χ4v) is 4.57. The fourth-order valence-electron chi connectivity index (χ4n) is 3.21. The van der Waals surface area contributed by atoms with Crippen molar-refractivity contribution in [1.82, 2.24) is 14.3 Å². The van der Waals surface area contributed by atoms with Crippen molar-refractivity contribution in [2.75, 3.05) is 13.3 Å². The molecule has 0 saturated carbocycles. The molecule has 0 bridgehead atoms. The summed E-state index contributed by atoms with van der Waals surface area (Å²) in [7, 11) is -3.59. The highest BCUT2D eigenvalue weighted by atomic mass is 32.2. The highest BCUT2D eigenvalue weighted by Gasteiger charge is 2.25. The molecule has 24 heavy (non-hydrogen) atoms. The van der Waals surface area contributed by atoms with Gasteiger partial charge in [-0.05, 0) is 30.9 Å². The Hall–Kier alpha value is -2.06. The first-order valence-electron chi connectivity index (χ1n) is 7.93. The van der Waals surface area contributed by atoms with Gasteiger partial charge in [0.05, 0.1) is 4.90 Å². The summed E-state index contributed by atoms with van der Waals surface area (Å²) >= 11 is 0. The lowest BCUT2D eigenvalue weighted by molar-refractivity contribution is 0.174. The van der Waals surface area contributed by atoms with Gasteiger partial charge in [0.1, 0.15) is 5.82 Å². The number of imidazole rings is 1. The minimum absolute atomic E-state index is 0.125. The normalized spacial score (nSPS) is 19.3. The van der Waals surface area contributed by atoms with Crippen LogP contribution >= 0.6 is 0 Å². The molecule has 1 atom stereocenters. The predicted molar refractivity (Wildman–Crippen MR) is 86.5 cm³/mol. The fraction of sp³-hybridized carbons (Fsp3) is 0.438. The maximum Gasteiger partial charge on any atom is 0.240 e. The Morgan fingerprint density at radius 1 is 1.33 bits per heavy atom. The molecule has 0 fully saturated rings. The SMILES string of the molecule is Cc1cc2c(cc1S(=O)(=O)NCC1CCn3ccnc3C1)OCO2. The number of nitrogens with zero attached hydrogens (tertiary/aromatic N) is 2. The van der Waals surface area contributed by atoms with Crippen molar-refractivity contribution in [3.8, 4) is 11.5 Å². The average molecular weight is 349 g/mol. The van der Waals surface area contributed by atoms with Crippen molar-refractivity contribution in [3.05, 3.63) is 35.9 Å². The van der Waals surface area contributed by atoms with Gasteiger partial charge in [-0.15, -0.1) is 0 Å². The molecule has 0 spiro atoms. The zero-order valence-corrected chi connectivity index (χ0v) is 14.2. The van der Waals surface area contributed by atoms with E-state index in [1.54, 1.807) is 19.2 Å². The minimum Gasteiger partial charge on any atom is -0.454 e. The first-order valence-corrected chi connectivity index (χ1v) is 9.41. The second kappa shape index (κ2) is 5.78. The van der Waals surface area contributed by atoms with E-state index in [2.05, 4.69) is 14.3 Å². The number of fused-ring (bicyclic) bond motifs is 2. The number of aryl methyl sites for hydroxylation is 2. The van der Waals surface area contributed by atoms with E-state index in [0.29, 0.717) is 23.6 Å². The molecule has 0 radical (unpaired) electrons. The molecule has 1 unspecified atom stereocenters. The number of hydrogen-bond acceptors (Lipinski definition) is 5. The number of sulfonamides is 1. The molecule has 7 nitrogen and oxygen atoms in total. The van der Waals surface area contributed by atoms with Crippen LogP contribution in [0, 0.1) is 12.8 Å². The maximum atomic E-state index is 12.7. The van der Waals surface area contributed by atoms with E-state index in [1.165, 1.54) is 6.07 Å². The van der Waals surface area contributed by atoms with Gasteiger partial charge in [-0.25, -0.2) is 18.1 Å². The van der Waals surface area contributed by atoms with Crippen LogP contribution in [0.15, 0.2) is 29.4 Å². The second-order valence-corrected chi connectivity index (χ2v) is 7.95. The zero-order valence-electron chi connectivity index (χ0n) is 13.4. The maximum absolute atomic E-state index is 12.7. The molecule has 1 aromatic carbocycles. The van der Waals surface area contributed by atoms with Crippen LogP contribution in [0.5, 0.6) is 11.5 Å². The molecule has 0 amide bonds. The summed E-state index contributed by atoms with van der Waals surface area (Å²) in [6, 6.07) is 3.24. The zero-order chi connectivity index (χ0) is 16.7. The molecule has 2 aliphatic rings. The summed E-state index contributed by atoms with van der Waals surface area (Å²) < 4.78 is 40.8. The number of ether oxygens (including phenoxy) is 2. The van der Waals surface area contributed by atoms with Crippen molar-refractivity contribution in [2.24, 2.45) is 5.92 Å². The first kappa shape index (κ1) is 15.5. The van der Waals surface area contributed by atoms with Crippen LogP contribution in [-0.2, 0) is 23.0 Å². The van der Waals surface area contributed by atoms with Crippen LogP contribution in [0.4, 0.5) is 0 Å². The van der Waals surface area contributed by atoms with Crippen LogP contribution in [0.25, 0.3) is 0 Å². The van der Waals surface area contributed by atoms with Gasteiger partial charge in [0.25, 0.3) is 0 Å². The van der Waals surface area contributed by atoms with Gasteiger partial charge in [-0.3, -0.25) is 0 Å². The monoisotopic (exact) mass is 349 g/mol. The summed E-state index contributed by atoms with van der Waals surface area (Å²) in [6.45, 7) is 3.17. The Kier molecular flexibility index (Phi) is 3.73. The van der Waals surface area contributed by atoms with E-state index >= 15 is 0 Å². The molecule has 2 aromatic rings. The standard InChI is InChI=1S/C16H19N3O4S/c1-11-6-13-14(23-10-22-13)8-15(11)24(20,21)18-9-12-2-4-19-5-3-17-16(19)7-12/h3,5-6,8,12,18H,2,4,7,9-10H2,1H3. The lowest BCUT2D eigenvalue weighted by atomic mass is 9.98. The Labute approximate surface area is 140 Å². The molecule has 8 heteroatoms. The van der Waals surface area contributed by atoms with Crippen LogP contribution in [0.3, 0.4) is 0 Å². The first-order chi connectivity index (χ1) is 11.5. The van der Waals surface area contributed by atoms with Gasteiger partial charge < -0.3 is 14.0 Å². The smallest absolute Gasteiger partial charge is 0.240 e. The predicted octanol–water partition coefficient (Wildman–Crippen LogP) is 1.46. The van der Waals surface area contributed by atoms with E-state index in [4.69, 9.17) is 9.47 Å². The highest BCUT2D eigenvalue weighted by Crippen LogP contribution is 2.36. The summed E-state index contributed by atoms with van der Waals surface area (Å²) in [5.41, 5.74) is 0.644. The van der Waals surface area contributed by atoms with Gasteiger partial charge in [0, 0.05) is 38.0 Å². The van der Waals surface area contributed by atoms with Crippen LogP contribution in [0.2, 0.25) is 0 Å². The molecule has 128 valence electrons. The lowest BCUT2D eigenvalue weighted by Gasteiger charge is -2.23. The van der Waals surface area contributed by atoms with E-state index in [-0.39, 0.29) is 17.6 Å². The second-order valence-electron chi connectivity index (χ2n) is 6.22. The van der Waals surface area contributed by atoms with Gasteiger partial charge in [0.2, 0.25) is 16.8 Å². The average Bonchev–Trinajstić information content (AvgIpc) is 3.19. The summed E-state index contributed by atoms with van der Waals surface area (Å²) in [4.78, 5) is 4.56. The van der Waals surface area contributed by atoms with E-state index in [0.717, 1.165) is 25.2 Å². The van der Waals surface area contributed by atoms with E-state index in [9.17, 15) is 8.42 Å². The molecule has 3 heterocycles. The molecule has 2 aliphatic heterocycles. The minimum atomic E-state index is -3.59. The molecule has 1 aromatic heterocycles. The number of hydrogen-bond donors (Lipinski definition) is 1. The van der Waals surface area contributed by atoms with Gasteiger partial charge in [-0.1, -0.05) is 0 Å². The third-order valence-electron chi connectivity index (χ3n) is 4.57. The summed E-state index contributed by atoms with van der Waals surface area (Å²) in [5.74, 6) is 2.33. The van der Waals surface area contributed by atoms with Crippen LogP contribution < -0.4 is 14.2 Å². The van der Waals surface area contributed by atoms with Crippen molar-refractivity contribution >= 4 is 10.0 Å². The largest absolute Gasteiger partial charge is 0.454 e.